The SMILES string of the molecule is CC(=O)N1CCN(c2ccc(NC(=O)c3ccccc3F)cc2C(=O)O)CC1. The second-order valence-corrected chi connectivity index (χ2v) is 6.46. The van der Waals surface area contributed by atoms with Gasteiger partial charge in [0.1, 0.15) is 5.82 Å². The number of carbonyl (C=O) groups is 3. The first-order valence-corrected chi connectivity index (χ1v) is 8.80. The van der Waals surface area contributed by atoms with Crippen LogP contribution in [0.15, 0.2) is 42.5 Å². The van der Waals surface area contributed by atoms with Crippen molar-refractivity contribution in [3.63, 3.8) is 0 Å². The number of halogens is 1. The zero-order valence-electron chi connectivity index (χ0n) is 15.3. The van der Waals surface area contributed by atoms with Crippen LogP contribution in [0.4, 0.5) is 15.8 Å². The number of piperazine rings is 1. The molecule has 0 spiro atoms. The average Bonchev–Trinajstić information content (AvgIpc) is 2.68. The molecule has 0 atom stereocenters. The van der Waals surface area contributed by atoms with E-state index in [9.17, 15) is 23.9 Å². The highest BCUT2D eigenvalue weighted by Crippen LogP contribution is 2.26. The van der Waals surface area contributed by atoms with E-state index in [1.807, 2.05) is 4.90 Å². The third-order valence-corrected chi connectivity index (χ3v) is 4.67. The highest BCUT2D eigenvalue weighted by molar-refractivity contribution is 6.05. The topological polar surface area (TPSA) is 90.0 Å². The minimum Gasteiger partial charge on any atom is -0.478 e. The Bertz CT molecular complexity index is 923. The van der Waals surface area contributed by atoms with Gasteiger partial charge in [-0.2, -0.15) is 0 Å². The summed E-state index contributed by atoms with van der Waals surface area (Å²) in [6.07, 6.45) is 0. The van der Waals surface area contributed by atoms with Crippen molar-refractivity contribution in [1.29, 1.82) is 0 Å². The maximum Gasteiger partial charge on any atom is 0.337 e. The van der Waals surface area contributed by atoms with Crippen LogP contribution in [0.25, 0.3) is 0 Å². The van der Waals surface area contributed by atoms with Crippen molar-refractivity contribution in [3.8, 4) is 0 Å². The first-order chi connectivity index (χ1) is 13.4. The molecule has 1 saturated heterocycles. The van der Waals surface area contributed by atoms with Crippen molar-refractivity contribution in [1.82, 2.24) is 4.90 Å². The van der Waals surface area contributed by atoms with E-state index in [2.05, 4.69) is 5.32 Å². The number of amides is 2. The van der Waals surface area contributed by atoms with Gasteiger partial charge in [-0.15, -0.1) is 0 Å². The predicted molar refractivity (Wildman–Crippen MR) is 102 cm³/mol. The molecule has 0 unspecified atom stereocenters. The molecule has 2 N–H and O–H groups in total. The monoisotopic (exact) mass is 385 g/mol. The Labute approximate surface area is 161 Å². The van der Waals surface area contributed by atoms with Crippen molar-refractivity contribution in [2.45, 2.75) is 6.92 Å². The summed E-state index contributed by atoms with van der Waals surface area (Å²) in [5, 5.41) is 12.1. The van der Waals surface area contributed by atoms with E-state index in [1.165, 1.54) is 31.2 Å². The van der Waals surface area contributed by atoms with Gasteiger partial charge in [0.2, 0.25) is 5.91 Å². The molecule has 1 aliphatic rings. The number of hydrogen-bond donors (Lipinski definition) is 2. The van der Waals surface area contributed by atoms with E-state index < -0.39 is 17.7 Å². The molecule has 0 radical (unpaired) electrons. The lowest BCUT2D eigenvalue weighted by molar-refractivity contribution is -0.129. The van der Waals surface area contributed by atoms with Gasteiger partial charge in [-0.1, -0.05) is 12.1 Å². The van der Waals surface area contributed by atoms with Crippen LogP contribution in [0.3, 0.4) is 0 Å². The lowest BCUT2D eigenvalue weighted by Crippen LogP contribution is -2.48. The van der Waals surface area contributed by atoms with Crippen molar-refractivity contribution in [2.75, 3.05) is 36.4 Å². The van der Waals surface area contributed by atoms with Crippen molar-refractivity contribution in [3.05, 3.63) is 59.4 Å². The minimum absolute atomic E-state index is 0.00990. The number of anilines is 2. The molecule has 0 saturated carbocycles. The summed E-state index contributed by atoms with van der Waals surface area (Å²) < 4.78 is 13.8. The molecular formula is C20H20FN3O4. The van der Waals surface area contributed by atoms with Crippen LogP contribution < -0.4 is 10.2 Å². The van der Waals surface area contributed by atoms with Gasteiger partial charge in [0.15, 0.2) is 0 Å². The molecule has 7 nitrogen and oxygen atoms in total. The molecule has 1 aliphatic heterocycles. The Morgan fingerprint density at radius 1 is 1.00 bits per heavy atom. The Morgan fingerprint density at radius 3 is 2.29 bits per heavy atom. The maximum atomic E-state index is 13.8. The lowest BCUT2D eigenvalue weighted by Gasteiger charge is -2.36. The van der Waals surface area contributed by atoms with Crippen LogP contribution in [0.5, 0.6) is 0 Å². The fourth-order valence-corrected chi connectivity index (χ4v) is 3.17. The Balaban J connectivity index is 1.80. The summed E-state index contributed by atoms with van der Waals surface area (Å²) in [6.45, 7) is 3.56. The normalized spacial score (nSPS) is 13.9. The van der Waals surface area contributed by atoms with Gasteiger partial charge in [-0.3, -0.25) is 9.59 Å². The Hall–Kier alpha value is -3.42. The fraction of sp³-hybridized carbons (Fsp3) is 0.250. The zero-order valence-corrected chi connectivity index (χ0v) is 15.3. The largest absolute Gasteiger partial charge is 0.478 e. The molecule has 0 aliphatic carbocycles. The maximum absolute atomic E-state index is 13.8. The number of hydrogen-bond acceptors (Lipinski definition) is 4. The third-order valence-electron chi connectivity index (χ3n) is 4.67. The molecule has 3 rings (SSSR count). The lowest BCUT2D eigenvalue weighted by atomic mass is 10.1. The summed E-state index contributed by atoms with van der Waals surface area (Å²) in [6, 6.07) is 10.1. The molecule has 146 valence electrons. The number of nitrogens with one attached hydrogen (secondary N) is 1. The van der Waals surface area contributed by atoms with Gasteiger partial charge in [-0.25, -0.2) is 9.18 Å². The molecule has 8 heteroatoms. The van der Waals surface area contributed by atoms with Crippen LogP contribution in [0.2, 0.25) is 0 Å². The van der Waals surface area contributed by atoms with Gasteiger partial charge < -0.3 is 20.2 Å². The van der Waals surface area contributed by atoms with E-state index in [0.29, 0.717) is 31.9 Å². The highest BCUT2D eigenvalue weighted by Gasteiger charge is 2.23. The second kappa shape index (κ2) is 8.08. The van der Waals surface area contributed by atoms with E-state index >= 15 is 0 Å². The van der Waals surface area contributed by atoms with Gasteiger partial charge in [0.05, 0.1) is 16.8 Å². The number of carboxylic acids is 1. The minimum atomic E-state index is -1.13. The van der Waals surface area contributed by atoms with Crippen molar-refractivity contribution in [2.24, 2.45) is 0 Å². The number of rotatable bonds is 4. The molecule has 2 aromatic carbocycles. The van der Waals surface area contributed by atoms with E-state index in [-0.39, 0.29) is 22.7 Å². The summed E-state index contributed by atoms with van der Waals surface area (Å²) in [5.41, 5.74) is 0.683. The van der Waals surface area contributed by atoms with Crippen molar-refractivity contribution >= 4 is 29.2 Å². The van der Waals surface area contributed by atoms with E-state index in [1.54, 1.807) is 23.1 Å². The Morgan fingerprint density at radius 2 is 1.68 bits per heavy atom. The quantitative estimate of drug-likeness (QED) is 0.844. The van der Waals surface area contributed by atoms with Crippen LogP contribution in [0.1, 0.15) is 27.6 Å². The molecule has 2 aromatic rings. The van der Waals surface area contributed by atoms with Crippen LogP contribution >= 0.6 is 0 Å². The fourth-order valence-electron chi connectivity index (χ4n) is 3.17. The van der Waals surface area contributed by atoms with Crippen LogP contribution in [-0.4, -0.2) is 54.0 Å². The summed E-state index contributed by atoms with van der Waals surface area (Å²) in [4.78, 5) is 39.0. The zero-order chi connectivity index (χ0) is 20.3. The number of carboxylic acid groups (broad SMARTS) is 1. The third kappa shape index (κ3) is 4.11. The first kappa shape index (κ1) is 19.3. The number of carbonyl (C=O) groups excluding carboxylic acids is 2. The second-order valence-electron chi connectivity index (χ2n) is 6.46. The van der Waals surface area contributed by atoms with Crippen molar-refractivity contribution < 1.29 is 23.9 Å². The van der Waals surface area contributed by atoms with Crippen LogP contribution in [-0.2, 0) is 4.79 Å². The first-order valence-electron chi connectivity index (χ1n) is 8.80. The van der Waals surface area contributed by atoms with E-state index in [0.717, 1.165) is 0 Å². The summed E-state index contributed by atoms with van der Waals surface area (Å²) >= 11 is 0. The highest BCUT2D eigenvalue weighted by atomic mass is 19.1. The van der Waals surface area contributed by atoms with E-state index in [4.69, 9.17) is 0 Å². The smallest absolute Gasteiger partial charge is 0.337 e. The molecule has 1 heterocycles. The number of aromatic carboxylic acids is 1. The number of nitrogens with zero attached hydrogens (tertiary/aromatic N) is 2. The average molecular weight is 385 g/mol. The molecule has 1 fully saturated rings. The summed E-state index contributed by atoms with van der Waals surface area (Å²) in [7, 11) is 0. The molecule has 0 bridgehead atoms. The standard InChI is InChI=1S/C20H20FN3O4/c1-13(25)23-8-10-24(11-9-23)18-7-6-14(12-16(18)20(27)28)22-19(26)15-4-2-3-5-17(15)21/h2-7,12H,8-11H2,1H3,(H,22,26)(H,27,28). The molecule has 2 amide bonds. The van der Waals surface area contributed by atoms with Gasteiger partial charge in [0, 0.05) is 38.8 Å². The van der Waals surface area contributed by atoms with Gasteiger partial charge in [0.25, 0.3) is 5.91 Å². The van der Waals surface area contributed by atoms with Crippen LogP contribution in [0, 0.1) is 5.82 Å². The molecule has 0 aromatic heterocycles. The number of benzene rings is 2. The Kier molecular flexibility index (Phi) is 5.58. The van der Waals surface area contributed by atoms with Gasteiger partial charge >= 0.3 is 5.97 Å². The molecular weight excluding hydrogens is 365 g/mol. The summed E-state index contributed by atoms with van der Waals surface area (Å²) in [5.74, 6) is -2.45. The predicted octanol–water partition coefficient (Wildman–Crippen LogP) is 2.44. The van der Waals surface area contributed by atoms with Gasteiger partial charge in [-0.05, 0) is 30.3 Å². The molecule has 28 heavy (non-hydrogen) atoms.